The molecule has 1 aliphatic rings. The SMILES string of the molecule is [2H]c1c([2H])c([2H])c(-c2cnc(-n3c4ccccc4c4ccc(C(c5ccccc5)(c5ccccc5)c5cccc(N6CN(c7cc(C(C)(C)C)cc(C(C)(C)C)c7)c7cc(-c8ccccc8)ccc76)c5)cc43)cc2C([2H])([2H])[2H])c([2H])c1[2H]. The molecule has 0 saturated heterocycles. The molecule has 362 valence electrons. The number of rotatable bonds is 9. The number of fused-ring (bicyclic) bond motifs is 4. The van der Waals surface area contributed by atoms with E-state index in [0.717, 1.165) is 77.9 Å². The molecular weight excluding hydrogens is 897 g/mol. The first-order chi connectivity index (χ1) is 39.1. The van der Waals surface area contributed by atoms with Crippen molar-refractivity contribution in [3.05, 3.63) is 276 Å². The first-order valence-electron chi connectivity index (χ1n) is 29.4. The number of pyridine rings is 1. The molecule has 0 radical (unpaired) electrons. The Kier molecular flexibility index (Phi) is 9.41. The van der Waals surface area contributed by atoms with Gasteiger partial charge in [0.2, 0.25) is 0 Å². The van der Waals surface area contributed by atoms with Crippen molar-refractivity contribution in [3.8, 4) is 28.1 Å². The molecule has 0 fully saturated rings. The van der Waals surface area contributed by atoms with Gasteiger partial charge in [0, 0.05) is 38.0 Å². The Bertz CT molecular complexity index is 4170. The summed E-state index contributed by atoms with van der Waals surface area (Å²) < 4.78 is 71.2. The van der Waals surface area contributed by atoms with Crippen molar-refractivity contribution in [2.75, 3.05) is 16.5 Å². The summed E-state index contributed by atoms with van der Waals surface area (Å²) in [5, 5.41) is 1.85. The second kappa shape index (κ2) is 18.2. The van der Waals surface area contributed by atoms with Crippen LogP contribution in [0.4, 0.5) is 22.7 Å². The summed E-state index contributed by atoms with van der Waals surface area (Å²) in [6.45, 7) is 11.5. The highest BCUT2D eigenvalue weighted by Crippen LogP contribution is 2.51. The molecule has 11 aromatic rings. The molecule has 4 nitrogen and oxygen atoms in total. The van der Waals surface area contributed by atoms with Crippen molar-refractivity contribution >= 4 is 44.6 Å². The van der Waals surface area contributed by atoms with Gasteiger partial charge in [0.25, 0.3) is 0 Å². The third-order valence-corrected chi connectivity index (χ3v) is 14.9. The molecule has 0 unspecified atom stereocenters. The normalized spacial score (nSPS) is 14.7. The summed E-state index contributed by atoms with van der Waals surface area (Å²) in [6, 6.07) is 67.9. The lowest BCUT2D eigenvalue weighted by atomic mass is 9.65. The van der Waals surface area contributed by atoms with Crippen LogP contribution in [0.15, 0.2) is 237 Å². The van der Waals surface area contributed by atoms with E-state index in [9.17, 15) is 0 Å². The van der Waals surface area contributed by atoms with Gasteiger partial charge in [-0.3, -0.25) is 4.57 Å². The van der Waals surface area contributed by atoms with E-state index in [0.29, 0.717) is 12.5 Å². The highest BCUT2D eigenvalue weighted by atomic mass is 15.4. The number of para-hydroxylation sites is 1. The van der Waals surface area contributed by atoms with Crippen molar-refractivity contribution in [3.63, 3.8) is 0 Å². The van der Waals surface area contributed by atoms with E-state index in [2.05, 4.69) is 209 Å². The summed E-state index contributed by atoms with van der Waals surface area (Å²) in [5.41, 5.74) is 13.3. The van der Waals surface area contributed by atoms with Gasteiger partial charge in [0.15, 0.2) is 0 Å². The van der Waals surface area contributed by atoms with Crippen LogP contribution in [0.2, 0.25) is 0 Å². The fraction of sp³-hybridized carbons (Fsp3) is 0.157. The van der Waals surface area contributed by atoms with Crippen molar-refractivity contribution in [2.24, 2.45) is 0 Å². The molecule has 2 aromatic heterocycles. The van der Waals surface area contributed by atoms with Gasteiger partial charge in [0.1, 0.15) is 12.5 Å². The van der Waals surface area contributed by atoms with Gasteiger partial charge in [-0.05, 0) is 128 Å². The Balaban J connectivity index is 1.08. The Labute approximate surface area is 448 Å². The van der Waals surface area contributed by atoms with E-state index < -0.39 is 42.5 Å². The Hall–Kier alpha value is -8.47. The average molecular weight is 967 g/mol. The fourth-order valence-electron chi connectivity index (χ4n) is 11.0. The lowest BCUT2D eigenvalue weighted by Crippen LogP contribution is -2.31. The van der Waals surface area contributed by atoms with Crippen LogP contribution in [0.5, 0.6) is 0 Å². The lowest BCUT2D eigenvalue weighted by molar-refractivity contribution is 0.568. The maximum atomic E-state index is 8.82. The third kappa shape index (κ3) is 8.06. The van der Waals surface area contributed by atoms with Crippen molar-refractivity contribution in [2.45, 2.75) is 64.6 Å². The second-order valence-corrected chi connectivity index (χ2v) is 21.5. The van der Waals surface area contributed by atoms with Crippen LogP contribution >= 0.6 is 0 Å². The van der Waals surface area contributed by atoms with Gasteiger partial charge in [0.05, 0.1) is 34.7 Å². The first-order valence-corrected chi connectivity index (χ1v) is 25.4. The molecule has 0 amide bonds. The minimum absolute atomic E-state index is 0.0530. The zero-order valence-electron chi connectivity index (χ0n) is 50.6. The molecule has 1 aliphatic heterocycles. The van der Waals surface area contributed by atoms with E-state index in [-0.39, 0.29) is 27.5 Å². The summed E-state index contributed by atoms with van der Waals surface area (Å²) in [6.07, 6.45) is 1.34. The number of aromatic nitrogens is 2. The molecular formula is C70H62N4. The highest BCUT2D eigenvalue weighted by molar-refractivity contribution is 6.09. The number of anilines is 4. The maximum Gasteiger partial charge on any atom is 0.137 e. The molecule has 4 heteroatoms. The predicted octanol–water partition coefficient (Wildman–Crippen LogP) is 18.0. The monoisotopic (exact) mass is 967 g/mol. The van der Waals surface area contributed by atoms with Crippen LogP contribution < -0.4 is 9.80 Å². The van der Waals surface area contributed by atoms with Crippen LogP contribution in [0.25, 0.3) is 49.9 Å². The van der Waals surface area contributed by atoms with E-state index in [1.165, 1.54) is 23.4 Å². The predicted molar refractivity (Wildman–Crippen MR) is 312 cm³/mol. The maximum absolute atomic E-state index is 8.82. The Morgan fingerprint density at radius 3 is 1.72 bits per heavy atom. The number of benzene rings is 9. The van der Waals surface area contributed by atoms with Gasteiger partial charge < -0.3 is 9.80 Å². The zero-order valence-corrected chi connectivity index (χ0v) is 42.6. The summed E-state index contributed by atoms with van der Waals surface area (Å²) in [5.74, 6) is 0.299. The standard InChI is InChI=1S/C70H62N4/c1-48-39-67(71-46-62(48)50-25-14-9-15-26-50)74-63-34-21-20-33-60(63)61-37-36-55(45-65(61)74)70(52-27-16-10-17-28-52,53-29-18-11-19-30-53)54-31-22-32-58(42-54)72-47-73(59-43-56(68(2,3)4)41-57(44-59)69(5,6)7)66-40-51(35-38-64(66)72)49-23-12-8-13-24-49/h8-46H,47H2,1-7H3/i1D3,9D,14D,15D,25D,26D. The molecule has 0 saturated carbocycles. The Morgan fingerprint density at radius 2 is 1.04 bits per heavy atom. The number of hydrogen-bond donors (Lipinski definition) is 0. The van der Waals surface area contributed by atoms with Crippen LogP contribution in [0, 0.1) is 6.85 Å². The van der Waals surface area contributed by atoms with Crippen LogP contribution in [-0.2, 0) is 16.2 Å². The minimum Gasteiger partial charge on any atom is -0.321 e. The lowest BCUT2D eigenvalue weighted by Gasteiger charge is -2.37. The average Bonchev–Trinajstić information content (AvgIpc) is 1.61. The van der Waals surface area contributed by atoms with Crippen LogP contribution in [0.1, 0.15) is 91.5 Å². The highest BCUT2D eigenvalue weighted by Gasteiger charge is 2.40. The molecule has 0 aliphatic carbocycles. The fourth-order valence-corrected chi connectivity index (χ4v) is 11.0. The molecule has 12 rings (SSSR count). The number of hydrogen-bond acceptors (Lipinski definition) is 3. The van der Waals surface area contributed by atoms with E-state index >= 15 is 0 Å². The second-order valence-electron chi connectivity index (χ2n) is 21.5. The summed E-state index contributed by atoms with van der Waals surface area (Å²) in [7, 11) is 0. The zero-order chi connectivity index (χ0) is 57.6. The van der Waals surface area contributed by atoms with Crippen molar-refractivity contribution in [1.82, 2.24) is 9.55 Å². The molecule has 74 heavy (non-hydrogen) atoms. The minimum atomic E-state index is -2.76. The third-order valence-electron chi connectivity index (χ3n) is 14.9. The molecule has 3 heterocycles. The van der Waals surface area contributed by atoms with E-state index in [1.54, 1.807) is 0 Å². The smallest absolute Gasteiger partial charge is 0.137 e. The van der Waals surface area contributed by atoms with Crippen molar-refractivity contribution in [1.29, 1.82) is 0 Å². The number of nitrogens with zero attached hydrogens (tertiary/aromatic N) is 4. The van der Waals surface area contributed by atoms with Crippen molar-refractivity contribution < 1.29 is 11.0 Å². The van der Waals surface area contributed by atoms with Crippen LogP contribution in [0.3, 0.4) is 0 Å². The molecule has 0 bridgehead atoms. The van der Waals surface area contributed by atoms with Gasteiger partial charge in [-0.25, -0.2) is 4.98 Å². The molecule has 0 spiro atoms. The quantitative estimate of drug-likeness (QED) is 0.135. The molecule has 0 atom stereocenters. The Morgan fingerprint density at radius 1 is 0.446 bits per heavy atom. The van der Waals surface area contributed by atoms with E-state index in [4.69, 9.17) is 16.0 Å². The van der Waals surface area contributed by atoms with Gasteiger partial charge >= 0.3 is 0 Å². The molecule has 9 aromatic carbocycles. The molecule has 0 N–H and O–H groups in total. The van der Waals surface area contributed by atoms with Crippen LogP contribution in [-0.4, -0.2) is 16.2 Å². The van der Waals surface area contributed by atoms with E-state index in [1.807, 2.05) is 41.0 Å². The van der Waals surface area contributed by atoms with Gasteiger partial charge in [-0.2, -0.15) is 0 Å². The summed E-state index contributed by atoms with van der Waals surface area (Å²) >= 11 is 0. The largest absolute Gasteiger partial charge is 0.321 e. The van der Waals surface area contributed by atoms with Gasteiger partial charge in [-0.1, -0.05) is 217 Å². The number of aryl methyl sites for hydroxylation is 1. The first kappa shape index (κ1) is 38.2. The van der Waals surface area contributed by atoms with Gasteiger partial charge in [-0.15, -0.1) is 0 Å². The summed E-state index contributed by atoms with van der Waals surface area (Å²) in [4.78, 5) is 9.82. The topological polar surface area (TPSA) is 24.3 Å².